The molecule has 1 rings (SSSR count). The van der Waals surface area contributed by atoms with Gasteiger partial charge in [-0.3, -0.25) is 0 Å². The van der Waals surface area contributed by atoms with Crippen molar-refractivity contribution in [3.63, 3.8) is 0 Å². The fourth-order valence-corrected chi connectivity index (χ4v) is 2.44. The Bertz CT molecular complexity index is 307. The van der Waals surface area contributed by atoms with Gasteiger partial charge in [-0.05, 0) is 50.1 Å². The molecule has 0 aliphatic rings. The van der Waals surface area contributed by atoms with Crippen molar-refractivity contribution in [2.45, 2.75) is 46.2 Å². The SMILES string of the molecule is CCCCc1cccc(O[SiH](C)C)c1C. The summed E-state index contributed by atoms with van der Waals surface area (Å²) in [6, 6.07) is 6.43. The summed E-state index contributed by atoms with van der Waals surface area (Å²) >= 11 is 0. The zero-order chi connectivity index (χ0) is 11.3. The molecule has 0 radical (unpaired) electrons. The highest BCUT2D eigenvalue weighted by molar-refractivity contribution is 6.49. The molecule has 0 aromatic heterocycles. The molecule has 0 fully saturated rings. The van der Waals surface area contributed by atoms with E-state index in [0.29, 0.717) is 0 Å². The molecule has 0 saturated heterocycles. The lowest BCUT2D eigenvalue weighted by molar-refractivity contribution is 0.573. The Labute approximate surface area is 95.2 Å². The third-order valence-corrected chi connectivity index (χ3v) is 3.28. The fraction of sp³-hybridized carbons (Fsp3) is 0.538. The number of benzene rings is 1. The van der Waals surface area contributed by atoms with Gasteiger partial charge in [0, 0.05) is 0 Å². The van der Waals surface area contributed by atoms with Gasteiger partial charge in [0.05, 0.1) is 0 Å². The molecule has 1 aromatic rings. The summed E-state index contributed by atoms with van der Waals surface area (Å²) in [5, 5.41) is 0. The molecule has 0 unspecified atom stereocenters. The van der Waals surface area contributed by atoms with Crippen molar-refractivity contribution in [1.29, 1.82) is 0 Å². The van der Waals surface area contributed by atoms with E-state index in [0.717, 1.165) is 5.75 Å². The third-order valence-electron chi connectivity index (χ3n) is 2.56. The minimum Gasteiger partial charge on any atom is -0.547 e. The molecule has 0 amide bonds. The van der Waals surface area contributed by atoms with E-state index in [1.807, 2.05) is 0 Å². The largest absolute Gasteiger partial charge is 0.547 e. The quantitative estimate of drug-likeness (QED) is 0.690. The van der Waals surface area contributed by atoms with Crippen LogP contribution in [-0.2, 0) is 6.42 Å². The maximum Gasteiger partial charge on any atom is 0.229 e. The molecule has 84 valence electrons. The van der Waals surface area contributed by atoms with Gasteiger partial charge in [-0.1, -0.05) is 25.5 Å². The van der Waals surface area contributed by atoms with Gasteiger partial charge in [-0.15, -0.1) is 0 Å². The topological polar surface area (TPSA) is 9.23 Å². The zero-order valence-electron chi connectivity index (χ0n) is 10.3. The van der Waals surface area contributed by atoms with Crippen LogP contribution in [0.25, 0.3) is 0 Å². The summed E-state index contributed by atoms with van der Waals surface area (Å²) in [6.07, 6.45) is 3.70. The maximum atomic E-state index is 5.90. The van der Waals surface area contributed by atoms with Crippen LogP contribution >= 0.6 is 0 Å². The van der Waals surface area contributed by atoms with Crippen LogP contribution in [-0.4, -0.2) is 9.04 Å². The van der Waals surface area contributed by atoms with Crippen LogP contribution < -0.4 is 4.43 Å². The predicted molar refractivity (Wildman–Crippen MR) is 69.3 cm³/mol. The van der Waals surface area contributed by atoms with E-state index < -0.39 is 9.04 Å². The van der Waals surface area contributed by atoms with Crippen LogP contribution in [0.4, 0.5) is 0 Å². The first-order valence-corrected chi connectivity index (χ1v) is 8.68. The standard InChI is InChI=1S/C13H22OSi/c1-5-6-8-12-9-7-10-13(11(12)2)14-15(3)4/h7,9-10,15H,5-6,8H2,1-4H3. The van der Waals surface area contributed by atoms with E-state index >= 15 is 0 Å². The Morgan fingerprint density at radius 1 is 1.27 bits per heavy atom. The minimum atomic E-state index is -0.973. The van der Waals surface area contributed by atoms with Crippen molar-refractivity contribution >= 4 is 9.04 Å². The lowest BCUT2D eigenvalue weighted by Gasteiger charge is -2.14. The van der Waals surface area contributed by atoms with Gasteiger partial charge in [0.15, 0.2) is 0 Å². The Balaban J connectivity index is 2.80. The normalized spacial score (nSPS) is 10.7. The van der Waals surface area contributed by atoms with Crippen LogP contribution in [0, 0.1) is 6.92 Å². The van der Waals surface area contributed by atoms with Crippen molar-refractivity contribution < 1.29 is 4.43 Å². The molecule has 15 heavy (non-hydrogen) atoms. The van der Waals surface area contributed by atoms with Crippen molar-refractivity contribution in [2.75, 3.05) is 0 Å². The first-order valence-electron chi connectivity index (χ1n) is 5.90. The summed E-state index contributed by atoms with van der Waals surface area (Å²) in [6.45, 7) is 8.82. The Morgan fingerprint density at radius 2 is 2.00 bits per heavy atom. The number of hydrogen-bond acceptors (Lipinski definition) is 1. The van der Waals surface area contributed by atoms with Gasteiger partial charge < -0.3 is 4.43 Å². The van der Waals surface area contributed by atoms with E-state index in [1.165, 1.54) is 30.4 Å². The lowest BCUT2D eigenvalue weighted by atomic mass is 10.0. The van der Waals surface area contributed by atoms with Crippen LogP contribution in [0.1, 0.15) is 30.9 Å². The summed E-state index contributed by atoms with van der Waals surface area (Å²) in [5.74, 6) is 1.10. The molecule has 1 aromatic carbocycles. The van der Waals surface area contributed by atoms with Gasteiger partial charge in [0.1, 0.15) is 5.75 Å². The average Bonchev–Trinajstić information content (AvgIpc) is 2.19. The van der Waals surface area contributed by atoms with Gasteiger partial charge in [-0.2, -0.15) is 0 Å². The number of aryl methyl sites for hydroxylation is 1. The molecular weight excluding hydrogens is 200 g/mol. The molecule has 0 N–H and O–H groups in total. The van der Waals surface area contributed by atoms with Gasteiger partial charge in [-0.25, -0.2) is 0 Å². The smallest absolute Gasteiger partial charge is 0.229 e. The van der Waals surface area contributed by atoms with Crippen molar-refractivity contribution in [3.8, 4) is 5.75 Å². The van der Waals surface area contributed by atoms with Crippen molar-refractivity contribution in [2.24, 2.45) is 0 Å². The molecule has 0 aliphatic heterocycles. The Morgan fingerprint density at radius 3 is 2.60 bits per heavy atom. The highest BCUT2D eigenvalue weighted by atomic mass is 28.3. The number of unbranched alkanes of at least 4 members (excludes halogenated alkanes) is 1. The highest BCUT2D eigenvalue weighted by Gasteiger charge is 2.06. The second-order valence-corrected chi connectivity index (χ2v) is 6.64. The molecule has 1 nitrogen and oxygen atoms in total. The summed E-state index contributed by atoms with van der Waals surface area (Å²) in [5.41, 5.74) is 2.79. The van der Waals surface area contributed by atoms with E-state index in [4.69, 9.17) is 4.43 Å². The monoisotopic (exact) mass is 222 g/mol. The number of rotatable bonds is 5. The third kappa shape index (κ3) is 3.71. The van der Waals surface area contributed by atoms with Crippen molar-refractivity contribution in [1.82, 2.24) is 0 Å². The second kappa shape index (κ2) is 5.96. The van der Waals surface area contributed by atoms with Crippen LogP contribution in [0.2, 0.25) is 13.1 Å². The summed E-state index contributed by atoms with van der Waals surface area (Å²) < 4.78 is 5.90. The fourth-order valence-electron chi connectivity index (χ4n) is 1.68. The first kappa shape index (κ1) is 12.3. The molecule has 0 saturated carbocycles. The van der Waals surface area contributed by atoms with E-state index in [9.17, 15) is 0 Å². The first-order chi connectivity index (χ1) is 7.15. The molecule has 0 aliphatic carbocycles. The highest BCUT2D eigenvalue weighted by Crippen LogP contribution is 2.23. The van der Waals surface area contributed by atoms with Gasteiger partial charge in [0.2, 0.25) is 9.04 Å². The summed E-state index contributed by atoms with van der Waals surface area (Å²) in [4.78, 5) is 0. The van der Waals surface area contributed by atoms with Crippen LogP contribution in [0.15, 0.2) is 18.2 Å². The predicted octanol–water partition coefficient (Wildman–Crippen LogP) is 3.70. The Kier molecular flexibility index (Phi) is 4.89. The van der Waals surface area contributed by atoms with Crippen LogP contribution in [0.3, 0.4) is 0 Å². The molecule has 0 atom stereocenters. The molecular formula is C13H22OSi. The average molecular weight is 222 g/mol. The molecule has 2 heteroatoms. The maximum absolute atomic E-state index is 5.90. The van der Waals surface area contributed by atoms with Crippen molar-refractivity contribution in [3.05, 3.63) is 29.3 Å². The molecule has 0 spiro atoms. The number of hydrogen-bond donors (Lipinski definition) is 0. The van der Waals surface area contributed by atoms with Gasteiger partial charge in [0.25, 0.3) is 0 Å². The second-order valence-electron chi connectivity index (χ2n) is 4.31. The van der Waals surface area contributed by atoms with Crippen LogP contribution in [0.5, 0.6) is 5.75 Å². The van der Waals surface area contributed by atoms with Gasteiger partial charge >= 0.3 is 0 Å². The van der Waals surface area contributed by atoms with E-state index in [1.54, 1.807) is 0 Å². The lowest BCUT2D eigenvalue weighted by Crippen LogP contribution is -2.12. The Hall–Kier alpha value is -0.763. The summed E-state index contributed by atoms with van der Waals surface area (Å²) in [7, 11) is -0.973. The minimum absolute atomic E-state index is 0.973. The molecule has 0 heterocycles. The van der Waals surface area contributed by atoms with E-state index in [-0.39, 0.29) is 0 Å². The van der Waals surface area contributed by atoms with E-state index in [2.05, 4.69) is 45.1 Å². The molecule has 0 bridgehead atoms. The zero-order valence-corrected chi connectivity index (χ0v) is 11.5.